The molecule has 3 aromatic heterocycles. The van der Waals surface area contributed by atoms with Crippen LogP contribution >= 0.6 is 0 Å². The smallest absolute Gasteiger partial charge is 0.178 e. The van der Waals surface area contributed by atoms with Gasteiger partial charge in [0, 0.05) is 36.7 Å². The molecule has 2 aliphatic heterocycles. The summed E-state index contributed by atoms with van der Waals surface area (Å²) in [6.07, 6.45) is 11.9. The van der Waals surface area contributed by atoms with Gasteiger partial charge in [-0.25, -0.2) is 19.8 Å². The first kappa shape index (κ1) is 23.0. The van der Waals surface area contributed by atoms with E-state index in [1.807, 2.05) is 12.3 Å². The molecule has 3 fully saturated rings. The molecule has 1 aliphatic carbocycles. The predicted molar refractivity (Wildman–Crippen MR) is 141 cm³/mol. The summed E-state index contributed by atoms with van der Waals surface area (Å²) in [5.41, 5.74) is 13.3. The molecule has 5 heterocycles. The number of halogens is 1. The number of pyridine rings is 2. The van der Waals surface area contributed by atoms with E-state index in [9.17, 15) is 4.39 Å². The molecule has 1 saturated carbocycles. The van der Waals surface area contributed by atoms with Crippen molar-refractivity contribution in [3.05, 3.63) is 77.8 Å². The number of aromatic nitrogens is 4. The first-order valence-corrected chi connectivity index (χ1v) is 13.5. The monoisotopic (exact) mass is 497 g/mol. The van der Waals surface area contributed by atoms with E-state index in [4.69, 9.17) is 4.98 Å². The number of nitrogens with one attached hydrogen (secondary N) is 3. The first-order valence-electron chi connectivity index (χ1n) is 13.5. The molecule has 1 aromatic carbocycles. The standard InChI is InChI=1S/C29H32FN7/c30-22-6-3-19(4-7-22)23-9-10-32-28-26(23)33-29(34-28)27-24-14-20(5-8-25(24)35-36-27)21-13-18(15-31-16-21)17-37-11-1-2-12-37/h3-4,6-7,9-10,13,15-16,20,24-25,27,35-36H,1-2,5,8,11-12,14,17H2,(H,32,33,34). The van der Waals surface area contributed by atoms with Crippen molar-refractivity contribution in [2.75, 3.05) is 13.1 Å². The van der Waals surface area contributed by atoms with E-state index in [1.54, 1.807) is 18.3 Å². The van der Waals surface area contributed by atoms with Crippen LogP contribution in [0.25, 0.3) is 22.3 Å². The topological polar surface area (TPSA) is 81.8 Å². The van der Waals surface area contributed by atoms with Gasteiger partial charge in [-0.05, 0) is 91.9 Å². The fraction of sp³-hybridized carbons (Fsp3) is 0.414. The highest BCUT2D eigenvalue weighted by atomic mass is 19.1. The summed E-state index contributed by atoms with van der Waals surface area (Å²) in [7, 11) is 0. The molecule has 3 N–H and O–H groups in total. The van der Waals surface area contributed by atoms with Gasteiger partial charge in [-0.2, -0.15) is 0 Å². The Morgan fingerprint density at radius 2 is 1.86 bits per heavy atom. The summed E-state index contributed by atoms with van der Waals surface area (Å²) < 4.78 is 13.5. The maximum atomic E-state index is 13.5. The number of benzene rings is 1. The number of rotatable bonds is 5. The molecular formula is C29H32FN7. The lowest BCUT2D eigenvalue weighted by Crippen LogP contribution is -2.34. The Bertz CT molecular complexity index is 1400. The van der Waals surface area contributed by atoms with Crippen LogP contribution in [0, 0.1) is 11.7 Å². The van der Waals surface area contributed by atoms with Crippen LogP contribution in [0.3, 0.4) is 0 Å². The Hall–Kier alpha value is -3.20. The van der Waals surface area contributed by atoms with Crippen molar-refractivity contribution < 1.29 is 4.39 Å². The second-order valence-corrected chi connectivity index (χ2v) is 10.8. The molecule has 3 aliphatic rings. The number of fused-ring (bicyclic) bond motifs is 2. The van der Waals surface area contributed by atoms with E-state index >= 15 is 0 Å². The molecule has 0 amide bonds. The molecule has 7 nitrogen and oxygen atoms in total. The molecular weight excluding hydrogens is 465 g/mol. The van der Waals surface area contributed by atoms with E-state index < -0.39 is 0 Å². The predicted octanol–water partition coefficient (Wildman–Crippen LogP) is 4.86. The zero-order chi connectivity index (χ0) is 24.8. The summed E-state index contributed by atoms with van der Waals surface area (Å²) in [5.74, 6) is 1.57. The van der Waals surface area contributed by atoms with Gasteiger partial charge in [0.15, 0.2) is 5.65 Å². The van der Waals surface area contributed by atoms with Gasteiger partial charge in [0.2, 0.25) is 0 Å². The number of hydrogen-bond acceptors (Lipinski definition) is 6. The second kappa shape index (κ2) is 9.59. The maximum Gasteiger partial charge on any atom is 0.178 e. The zero-order valence-electron chi connectivity index (χ0n) is 20.8. The molecule has 2 saturated heterocycles. The molecule has 0 bridgehead atoms. The summed E-state index contributed by atoms with van der Waals surface area (Å²) >= 11 is 0. The maximum absolute atomic E-state index is 13.5. The van der Waals surface area contributed by atoms with Crippen molar-refractivity contribution in [1.82, 2.24) is 35.7 Å². The Kier molecular flexibility index (Phi) is 5.95. The number of hydrogen-bond donors (Lipinski definition) is 3. The lowest BCUT2D eigenvalue weighted by molar-refractivity contribution is 0.274. The molecule has 7 rings (SSSR count). The number of nitrogens with zero attached hydrogens (tertiary/aromatic N) is 4. The summed E-state index contributed by atoms with van der Waals surface area (Å²) in [4.78, 5) is 20.1. The van der Waals surface area contributed by atoms with Gasteiger partial charge in [0.1, 0.15) is 11.6 Å². The number of imidazole rings is 1. The Morgan fingerprint density at radius 3 is 2.73 bits per heavy atom. The third-order valence-corrected chi connectivity index (χ3v) is 8.50. The SMILES string of the molecule is Fc1ccc(-c2ccnc3nc(C4NNC5CCC(c6cncc(CN7CCCC7)c6)CC54)[nH]c23)cc1. The van der Waals surface area contributed by atoms with Crippen molar-refractivity contribution in [1.29, 1.82) is 0 Å². The molecule has 190 valence electrons. The minimum absolute atomic E-state index is 0.0730. The third kappa shape index (κ3) is 4.43. The normalized spacial score (nSPS) is 26.1. The summed E-state index contributed by atoms with van der Waals surface area (Å²) in [6.45, 7) is 3.41. The quantitative estimate of drug-likeness (QED) is 0.366. The van der Waals surface area contributed by atoms with Crippen LogP contribution in [0.2, 0.25) is 0 Å². The van der Waals surface area contributed by atoms with Crippen molar-refractivity contribution in [3.63, 3.8) is 0 Å². The fourth-order valence-electron chi connectivity index (χ4n) is 6.59. The lowest BCUT2D eigenvalue weighted by atomic mass is 9.73. The Labute approximate surface area is 215 Å². The van der Waals surface area contributed by atoms with Gasteiger partial charge in [-0.1, -0.05) is 18.2 Å². The van der Waals surface area contributed by atoms with Crippen LogP contribution in [0.15, 0.2) is 55.0 Å². The molecule has 37 heavy (non-hydrogen) atoms. The van der Waals surface area contributed by atoms with E-state index in [2.05, 4.69) is 43.0 Å². The largest absolute Gasteiger partial charge is 0.339 e. The first-order chi connectivity index (χ1) is 18.2. The van der Waals surface area contributed by atoms with Crippen LogP contribution in [0.5, 0.6) is 0 Å². The Morgan fingerprint density at radius 1 is 1.00 bits per heavy atom. The van der Waals surface area contributed by atoms with Gasteiger partial charge in [-0.3, -0.25) is 15.3 Å². The molecule has 0 radical (unpaired) electrons. The van der Waals surface area contributed by atoms with Crippen LogP contribution in [0.1, 0.15) is 61.0 Å². The van der Waals surface area contributed by atoms with Crippen molar-refractivity contribution in [2.24, 2.45) is 5.92 Å². The molecule has 0 spiro atoms. The second-order valence-electron chi connectivity index (χ2n) is 10.8. The minimum Gasteiger partial charge on any atom is -0.339 e. The summed E-state index contributed by atoms with van der Waals surface area (Å²) in [5, 5.41) is 0. The number of likely N-dealkylation sites (tertiary alicyclic amines) is 1. The molecule has 8 heteroatoms. The van der Waals surface area contributed by atoms with Crippen molar-refractivity contribution in [2.45, 2.75) is 56.7 Å². The van der Waals surface area contributed by atoms with Crippen molar-refractivity contribution >= 4 is 11.2 Å². The molecule has 4 unspecified atom stereocenters. The number of H-pyrrole nitrogens is 1. The minimum atomic E-state index is -0.241. The third-order valence-electron chi connectivity index (χ3n) is 8.50. The molecule has 4 aromatic rings. The van der Waals surface area contributed by atoms with Crippen LogP contribution < -0.4 is 10.9 Å². The highest BCUT2D eigenvalue weighted by molar-refractivity contribution is 5.89. The number of hydrazine groups is 1. The van der Waals surface area contributed by atoms with E-state index in [1.165, 1.54) is 49.2 Å². The average molecular weight is 498 g/mol. The van der Waals surface area contributed by atoms with E-state index in [-0.39, 0.29) is 11.9 Å². The van der Waals surface area contributed by atoms with Crippen LogP contribution in [0.4, 0.5) is 4.39 Å². The highest BCUT2D eigenvalue weighted by Crippen LogP contribution is 2.44. The van der Waals surface area contributed by atoms with Crippen LogP contribution in [-0.4, -0.2) is 44.0 Å². The van der Waals surface area contributed by atoms with Crippen molar-refractivity contribution in [3.8, 4) is 11.1 Å². The fourth-order valence-corrected chi connectivity index (χ4v) is 6.59. The molecule has 4 atom stereocenters. The Balaban J connectivity index is 1.14. The van der Waals surface area contributed by atoms with Gasteiger partial charge < -0.3 is 4.98 Å². The average Bonchev–Trinajstić information content (AvgIpc) is 3.68. The van der Waals surface area contributed by atoms with Gasteiger partial charge in [-0.15, -0.1) is 0 Å². The van der Waals surface area contributed by atoms with Gasteiger partial charge >= 0.3 is 0 Å². The number of aromatic amines is 1. The van der Waals surface area contributed by atoms with E-state index in [0.29, 0.717) is 23.5 Å². The highest BCUT2D eigenvalue weighted by Gasteiger charge is 2.42. The van der Waals surface area contributed by atoms with Gasteiger partial charge in [0.25, 0.3) is 0 Å². The van der Waals surface area contributed by atoms with Gasteiger partial charge in [0.05, 0.1) is 11.6 Å². The zero-order valence-corrected chi connectivity index (χ0v) is 20.8. The summed E-state index contributed by atoms with van der Waals surface area (Å²) in [6, 6.07) is 11.4. The van der Waals surface area contributed by atoms with Crippen LogP contribution in [-0.2, 0) is 6.54 Å². The lowest BCUT2D eigenvalue weighted by Gasteiger charge is -2.33. The van der Waals surface area contributed by atoms with E-state index in [0.717, 1.165) is 48.3 Å².